The van der Waals surface area contributed by atoms with Crippen LogP contribution < -0.4 is 11.2 Å². The molecule has 0 aliphatic rings. The van der Waals surface area contributed by atoms with Crippen molar-refractivity contribution in [2.75, 3.05) is 19.7 Å². The molecule has 0 unspecified atom stereocenters. The molecule has 1 aromatic rings. The predicted octanol–water partition coefficient (Wildman–Crippen LogP) is -1.86. The second-order valence-electron chi connectivity index (χ2n) is 4.49. The van der Waals surface area contributed by atoms with Gasteiger partial charge in [-0.1, -0.05) is 0 Å². The van der Waals surface area contributed by atoms with Crippen molar-refractivity contribution >= 4 is 11.9 Å². The van der Waals surface area contributed by atoms with Crippen LogP contribution in [0, 0.1) is 6.92 Å². The van der Waals surface area contributed by atoms with Crippen molar-refractivity contribution < 1.29 is 19.8 Å². The Bertz CT molecular complexity index is 633. The molecule has 1 aromatic heterocycles. The molecule has 0 saturated heterocycles. The topological polar surface area (TPSA) is 133 Å². The lowest BCUT2D eigenvalue weighted by Gasteiger charge is -2.20. The monoisotopic (exact) mass is 299 g/mol. The molecule has 1 heterocycles. The van der Waals surface area contributed by atoms with E-state index < -0.39 is 29.7 Å². The Morgan fingerprint density at radius 2 is 2.05 bits per heavy atom. The van der Waals surface area contributed by atoms with E-state index in [2.05, 4.69) is 4.98 Å². The first-order valence-corrected chi connectivity index (χ1v) is 6.26. The summed E-state index contributed by atoms with van der Waals surface area (Å²) in [6, 6.07) is 0. The highest BCUT2D eigenvalue weighted by atomic mass is 16.4. The van der Waals surface area contributed by atoms with E-state index >= 15 is 0 Å². The quantitative estimate of drug-likeness (QED) is 0.541. The van der Waals surface area contributed by atoms with Crippen LogP contribution in [0.4, 0.5) is 0 Å². The van der Waals surface area contributed by atoms with Gasteiger partial charge in [0.05, 0.1) is 0 Å². The Hall–Kier alpha value is -2.42. The van der Waals surface area contributed by atoms with Crippen LogP contribution in [0.25, 0.3) is 0 Å². The summed E-state index contributed by atoms with van der Waals surface area (Å²) in [6.07, 6.45) is 1.47. The molecule has 21 heavy (non-hydrogen) atoms. The highest BCUT2D eigenvalue weighted by Gasteiger charge is 2.17. The second-order valence-corrected chi connectivity index (χ2v) is 4.49. The van der Waals surface area contributed by atoms with Gasteiger partial charge in [-0.05, 0) is 13.3 Å². The van der Waals surface area contributed by atoms with Gasteiger partial charge in [0.15, 0.2) is 0 Å². The summed E-state index contributed by atoms with van der Waals surface area (Å²) in [5.41, 5.74) is -1.01. The molecule has 1 rings (SSSR count). The van der Waals surface area contributed by atoms with Crippen molar-refractivity contribution in [3.8, 4) is 0 Å². The third-order valence-electron chi connectivity index (χ3n) is 2.76. The van der Waals surface area contributed by atoms with Crippen molar-refractivity contribution in [2.24, 2.45) is 0 Å². The number of aliphatic hydroxyl groups excluding tert-OH is 1. The van der Waals surface area contributed by atoms with Crippen LogP contribution in [-0.4, -0.2) is 56.2 Å². The molecular formula is C12H17N3O6. The van der Waals surface area contributed by atoms with Crippen LogP contribution >= 0.6 is 0 Å². The molecule has 0 spiro atoms. The number of aliphatic hydroxyl groups is 1. The highest BCUT2D eigenvalue weighted by Crippen LogP contribution is 1.96. The Balaban J connectivity index is 2.90. The zero-order valence-electron chi connectivity index (χ0n) is 11.5. The zero-order valence-corrected chi connectivity index (χ0v) is 11.5. The third kappa shape index (κ3) is 4.88. The molecule has 1 amide bonds. The van der Waals surface area contributed by atoms with Gasteiger partial charge in [0.2, 0.25) is 5.91 Å². The van der Waals surface area contributed by atoms with E-state index in [4.69, 9.17) is 10.2 Å². The maximum atomic E-state index is 12.0. The molecule has 0 aliphatic heterocycles. The number of nitrogens with zero attached hydrogens (tertiary/aromatic N) is 2. The SMILES string of the molecule is Cc1cn(CC(=O)N(CCCO)CC(=O)O)c(=O)[nH]c1=O. The van der Waals surface area contributed by atoms with Gasteiger partial charge in [0.1, 0.15) is 13.1 Å². The highest BCUT2D eigenvalue weighted by molar-refractivity contribution is 5.81. The number of aromatic amines is 1. The molecule has 0 bridgehead atoms. The van der Waals surface area contributed by atoms with Crippen molar-refractivity contribution in [2.45, 2.75) is 19.9 Å². The number of hydrogen-bond acceptors (Lipinski definition) is 5. The van der Waals surface area contributed by atoms with E-state index in [1.54, 1.807) is 0 Å². The molecule has 0 aromatic carbocycles. The molecule has 0 saturated carbocycles. The molecule has 0 atom stereocenters. The minimum absolute atomic E-state index is 0.0682. The summed E-state index contributed by atoms with van der Waals surface area (Å²) in [5, 5.41) is 17.5. The van der Waals surface area contributed by atoms with Crippen LogP contribution in [-0.2, 0) is 16.1 Å². The lowest BCUT2D eigenvalue weighted by Crippen LogP contribution is -2.41. The number of carbonyl (C=O) groups excluding carboxylic acids is 1. The Morgan fingerprint density at radius 1 is 1.38 bits per heavy atom. The van der Waals surface area contributed by atoms with Gasteiger partial charge in [-0.2, -0.15) is 0 Å². The van der Waals surface area contributed by atoms with E-state index in [1.165, 1.54) is 13.1 Å². The molecule has 116 valence electrons. The molecule has 0 radical (unpaired) electrons. The smallest absolute Gasteiger partial charge is 0.328 e. The van der Waals surface area contributed by atoms with E-state index in [-0.39, 0.29) is 31.7 Å². The average Bonchev–Trinajstić information content (AvgIpc) is 2.40. The summed E-state index contributed by atoms with van der Waals surface area (Å²) < 4.78 is 1.01. The summed E-state index contributed by atoms with van der Waals surface area (Å²) in [6.45, 7) is 0.477. The third-order valence-corrected chi connectivity index (χ3v) is 2.76. The molecule has 0 fully saturated rings. The number of carbonyl (C=O) groups is 2. The van der Waals surface area contributed by atoms with Crippen LogP contribution in [0.15, 0.2) is 15.8 Å². The number of carboxylic acids is 1. The van der Waals surface area contributed by atoms with Gasteiger partial charge in [-0.25, -0.2) is 4.79 Å². The molecule has 3 N–H and O–H groups in total. The van der Waals surface area contributed by atoms with Gasteiger partial charge in [-0.15, -0.1) is 0 Å². The summed E-state index contributed by atoms with van der Waals surface area (Å²) in [5.74, 6) is -1.77. The number of amides is 1. The van der Waals surface area contributed by atoms with Gasteiger partial charge in [0, 0.05) is 24.9 Å². The zero-order chi connectivity index (χ0) is 16.0. The van der Waals surface area contributed by atoms with Crippen molar-refractivity contribution in [1.82, 2.24) is 14.5 Å². The van der Waals surface area contributed by atoms with Crippen molar-refractivity contribution in [3.63, 3.8) is 0 Å². The first-order valence-electron chi connectivity index (χ1n) is 6.26. The maximum Gasteiger partial charge on any atom is 0.328 e. The number of rotatable bonds is 7. The van der Waals surface area contributed by atoms with Crippen molar-refractivity contribution in [1.29, 1.82) is 0 Å². The number of hydrogen-bond donors (Lipinski definition) is 3. The van der Waals surface area contributed by atoms with Crippen LogP contribution in [0.3, 0.4) is 0 Å². The maximum absolute atomic E-state index is 12.0. The Labute approximate surface area is 119 Å². The van der Waals surface area contributed by atoms with Gasteiger partial charge >= 0.3 is 11.7 Å². The fraction of sp³-hybridized carbons (Fsp3) is 0.500. The molecule has 9 nitrogen and oxygen atoms in total. The summed E-state index contributed by atoms with van der Waals surface area (Å²) in [4.78, 5) is 48.6. The standard InChI is InChI=1S/C12H17N3O6/c1-8-5-15(12(21)13-11(8)20)6-9(17)14(3-2-4-16)7-10(18)19/h5,16H,2-4,6-7H2,1H3,(H,18,19)(H,13,20,21). The first kappa shape index (κ1) is 16.6. The van der Waals surface area contributed by atoms with Crippen LogP contribution in [0.1, 0.15) is 12.0 Å². The Kier molecular flexibility index (Phi) is 5.85. The molecule has 9 heteroatoms. The van der Waals surface area contributed by atoms with E-state index in [1.807, 2.05) is 0 Å². The number of aryl methyl sites for hydroxylation is 1. The van der Waals surface area contributed by atoms with Crippen molar-refractivity contribution in [3.05, 3.63) is 32.6 Å². The minimum atomic E-state index is -1.19. The summed E-state index contributed by atoms with van der Waals surface area (Å²) >= 11 is 0. The fourth-order valence-electron chi connectivity index (χ4n) is 1.70. The van der Waals surface area contributed by atoms with Gasteiger partial charge in [-0.3, -0.25) is 23.9 Å². The van der Waals surface area contributed by atoms with Crippen LogP contribution in [0.5, 0.6) is 0 Å². The van der Waals surface area contributed by atoms with Gasteiger partial charge in [0.25, 0.3) is 5.56 Å². The van der Waals surface area contributed by atoms with Crippen LogP contribution in [0.2, 0.25) is 0 Å². The normalized spacial score (nSPS) is 10.4. The molecular weight excluding hydrogens is 282 g/mol. The second kappa shape index (κ2) is 7.39. The van der Waals surface area contributed by atoms with E-state index in [9.17, 15) is 19.2 Å². The fourth-order valence-corrected chi connectivity index (χ4v) is 1.70. The lowest BCUT2D eigenvalue weighted by atomic mass is 10.3. The van der Waals surface area contributed by atoms with Gasteiger partial charge < -0.3 is 15.1 Å². The van der Waals surface area contributed by atoms with E-state index in [0.717, 1.165) is 9.47 Å². The number of carboxylic acid groups (broad SMARTS) is 1. The number of aliphatic carboxylic acids is 1. The van der Waals surface area contributed by atoms with E-state index in [0.29, 0.717) is 0 Å². The number of aromatic nitrogens is 2. The average molecular weight is 299 g/mol. The largest absolute Gasteiger partial charge is 0.480 e. The molecule has 0 aliphatic carbocycles. The predicted molar refractivity (Wildman–Crippen MR) is 72.0 cm³/mol. The first-order chi connectivity index (χ1) is 9.85. The summed E-state index contributed by atoms with van der Waals surface area (Å²) in [7, 11) is 0. The number of H-pyrrole nitrogens is 1. The minimum Gasteiger partial charge on any atom is -0.480 e. The Morgan fingerprint density at radius 3 is 2.62 bits per heavy atom. The number of nitrogens with one attached hydrogen (secondary N) is 1. The lowest BCUT2D eigenvalue weighted by molar-refractivity contribution is -0.144.